The zero-order valence-corrected chi connectivity index (χ0v) is 14.0. The van der Waals surface area contributed by atoms with E-state index in [4.69, 9.17) is 4.74 Å². The van der Waals surface area contributed by atoms with Gasteiger partial charge in [0.1, 0.15) is 18.2 Å². The van der Waals surface area contributed by atoms with Gasteiger partial charge in [-0.25, -0.2) is 4.39 Å². The SMILES string of the molecule is O=c1ccc(C(F)(F)F)cn1Cc1ccc(OCc2ccc(F)cc2)cc1. The minimum Gasteiger partial charge on any atom is -0.489 e. The summed E-state index contributed by atoms with van der Waals surface area (Å²) in [6.07, 6.45) is -3.70. The van der Waals surface area contributed by atoms with Crippen molar-refractivity contribution < 1.29 is 22.3 Å². The van der Waals surface area contributed by atoms with Gasteiger partial charge < -0.3 is 9.30 Å². The van der Waals surface area contributed by atoms with Crippen molar-refractivity contribution in [2.45, 2.75) is 19.3 Å². The highest BCUT2D eigenvalue weighted by atomic mass is 19.4. The lowest BCUT2D eigenvalue weighted by atomic mass is 10.2. The van der Waals surface area contributed by atoms with Crippen molar-refractivity contribution in [3.05, 3.63) is 99.7 Å². The van der Waals surface area contributed by atoms with Gasteiger partial charge in [0.05, 0.1) is 12.1 Å². The lowest BCUT2D eigenvalue weighted by Crippen LogP contribution is -2.21. The zero-order chi connectivity index (χ0) is 19.4. The summed E-state index contributed by atoms with van der Waals surface area (Å²) in [6, 6.07) is 14.3. The van der Waals surface area contributed by atoms with E-state index in [0.717, 1.165) is 28.5 Å². The van der Waals surface area contributed by atoms with E-state index in [1.807, 2.05) is 0 Å². The zero-order valence-electron chi connectivity index (χ0n) is 14.0. The number of nitrogens with zero attached hydrogens (tertiary/aromatic N) is 1. The third kappa shape index (κ3) is 4.97. The van der Waals surface area contributed by atoms with Gasteiger partial charge in [-0.05, 0) is 41.5 Å². The van der Waals surface area contributed by atoms with Crippen LogP contribution >= 0.6 is 0 Å². The molecule has 0 aliphatic rings. The number of rotatable bonds is 5. The first kappa shape index (κ1) is 18.7. The Balaban J connectivity index is 1.67. The maximum Gasteiger partial charge on any atom is 0.417 e. The molecule has 1 aromatic heterocycles. The molecule has 0 spiro atoms. The molecule has 7 heteroatoms. The van der Waals surface area contributed by atoms with E-state index < -0.39 is 17.3 Å². The Hall–Kier alpha value is -3.09. The van der Waals surface area contributed by atoms with E-state index >= 15 is 0 Å². The van der Waals surface area contributed by atoms with Crippen LogP contribution < -0.4 is 10.3 Å². The summed E-state index contributed by atoms with van der Waals surface area (Å²) in [5.74, 6) is 0.229. The third-order valence-electron chi connectivity index (χ3n) is 3.91. The molecule has 3 aromatic rings. The quantitative estimate of drug-likeness (QED) is 0.607. The summed E-state index contributed by atoms with van der Waals surface area (Å²) in [4.78, 5) is 11.8. The minimum atomic E-state index is -4.51. The van der Waals surface area contributed by atoms with Crippen molar-refractivity contribution >= 4 is 0 Å². The van der Waals surface area contributed by atoms with Crippen molar-refractivity contribution in [3.63, 3.8) is 0 Å². The molecule has 3 rings (SSSR count). The number of alkyl halides is 3. The Kier molecular flexibility index (Phi) is 5.30. The Morgan fingerprint density at radius 2 is 1.48 bits per heavy atom. The number of hydrogen-bond donors (Lipinski definition) is 0. The van der Waals surface area contributed by atoms with Crippen molar-refractivity contribution in [1.82, 2.24) is 4.57 Å². The Morgan fingerprint density at radius 3 is 2.11 bits per heavy atom. The second-order valence-electron chi connectivity index (χ2n) is 5.94. The molecular formula is C20H15F4NO2. The average molecular weight is 377 g/mol. The Bertz CT molecular complexity index is 961. The molecule has 1 heterocycles. The standard InChI is InChI=1S/C20H15F4NO2/c21-17-6-1-15(2-7-17)13-27-18-8-3-14(4-9-18)11-25-12-16(20(22,23)24)5-10-19(25)26/h1-10,12H,11,13H2. The van der Waals surface area contributed by atoms with Gasteiger partial charge in [0.15, 0.2) is 0 Å². The van der Waals surface area contributed by atoms with Crippen LogP contribution in [0.15, 0.2) is 71.7 Å². The topological polar surface area (TPSA) is 31.2 Å². The predicted octanol–water partition coefficient (Wildman–Crippen LogP) is 4.63. The number of ether oxygens (including phenoxy) is 1. The molecule has 0 saturated heterocycles. The number of benzene rings is 2. The number of pyridine rings is 1. The van der Waals surface area contributed by atoms with Crippen LogP contribution in [0.3, 0.4) is 0 Å². The Labute approximate surface area is 152 Å². The van der Waals surface area contributed by atoms with E-state index in [0.29, 0.717) is 11.3 Å². The molecule has 0 aliphatic heterocycles. The minimum absolute atomic E-state index is 0.0149. The smallest absolute Gasteiger partial charge is 0.417 e. The van der Waals surface area contributed by atoms with Crippen LogP contribution in [-0.2, 0) is 19.3 Å². The molecule has 0 aliphatic carbocycles. The van der Waals surface area contributed by atoms with Crippen LogP contribution in [0.1, 0.15) is 16.7 Å². The fourth-order valence-corrected chi connectivity index (χ4v) is 2.46. The molecule has 0 unspecified atom stereocenters. The number of aromatic nitrogens is 1. The number of halogens is 4. The summed E-state index contributed by atoms with van der Waals surface area (Å²) in [6.45, 7) is 0.272. The van der Waals surface area contributed by atoms with E-state index in [1.54, 1.807) is 36.4 Å². The van der Waals surface area contributed by atoms with E-state index in [-0.39, 0.29) is 19.0 Å². The summed E-state index contributed by atoms with van der Waals surface area (Å²) in [7, 11) is 0. The summed E-state index contributed by atoms with van der Waals surface area (Å²) in [5.41, 5.74) is 0.0718. The molecular weight excluding hydrogens is 362 g/mol. The first-order chi connectivity index (χ1) is 12.8. The second kappa shape index (κ2) is 7.65. The van der Waals surface area contributed by atoms with Gasteiger partial charge in [-0.15, -0.1) is 0 Å². The van der Waals surface area contributed by atoms with E-state index in [2.05, 4.69) is 0 Å². The molecule has 0 radical (unpaired) electrons. The fourth-order valence-electron chi connectivity index (χ4n) is 2.46. The molecule has 0 bridgehead atoms. The summed E-state index contributed by atoms with van der Waals surface area (Å²) >= 11 is 0. The van der Waals surface area contributed by atoms with Crippen LogP contribution in [0, 0.1) is 5.82 Å². The van der Waals surface area contributed by atoms with Gasteiger partial charge >= 0.3 is 6.18 Å². The average Bonchev–Trinajstić information content (AvgIpc) is 2.63. The molecule has 2 aromatic carbocycles. The van der Waals surface area contributed by atoms with Crippen molar-refractivity contribution in [3.8, 4) is 5.75 Å². The molecule has 3 nitrogen and oxygen atoms in total. The van der Waals surface area contributed by atoms with Crippen LogP contribution in [0.4, 0.5) is 17.6 Å². The molecule has 0 saturated carbocycles. The van der Waals surface area contributed by atoms with Crippen LogP contribution in [0.2, 0.25) is 0 Å². The molecule has 0 fully saturated rings. The lowest BCUT2D eigenvalue weighted by Gasteiger charge is -2.11. The van der Waals surface area contributed by atoms with Gasteiger partial charge in [0.2, 0.25) is 0 Å². The largest absolute Gasteiger partial charge is 0.489 e. The van der Waals surface area contributed by atoms with Gasteiger partial charge in [-0.2, -0.15) is 13.2 Å². The van der Waals surface area contributed by atoms with Gasteiger partial charge in [-0.1, -0.05) is 24.3 Å². The fraction of sp³-hybridized carbons (Fsp3) is 0.150. The van der Waals surface area contributed by atoms with Gasteiger partial charge in [-0.3, -0.25) is 4.79 Å². The molecule has 140 valence electrons. The highest BCUT2D eigenvalue weighted by Crippen LogP contribution is 2.28. The molecule has 0 atom stereocenters. The van der Waals surface area contributed by atoms with Crippen LogP contribution in [0.5, 0.6) is 5.75 Å². The Morgan fingerprint density at radius 1 is 0.852 bits per heavy atom. The third-order valence-corrected chi connectivity index (χ3v) is 3.91. The molecule has 0 N–H and O–H groups in total. The second-order valence-corrected chi connectivity index (χ2v) is 5.94. The van der Waals surface area contributed by atoms with Gasteiger partial charge in [0, 0.05) is 12.3 Å². The van der Waals surface area contributed by atoms with Crippen LogP contribution in [-0.4, -0.2) is 4.57 Å². The number of hydrogen-bond acceptors (Lipinski definition) is 2. The van der Waals surface area contributed by atoms with E-state index in [9.17, 15) is 22.4 Å². The molecule has 27 heavy (non-hydrogen) atoms. The molecule has 0 amide bonds. The van der Waals surface area contributed by atoms with Crippen molar-refractivity contribution in [2.24, 2.45) is 0 Å². The van der Waals surface area contributed by atoms with Crippen molar-refractivity contribution in [2.75, 3.05) is 0 Å². The van der Waals surface area contributed by atoms with Gasteiger partial charge in [0.25, 0.3) is 5.56 Å². The lowest BCUT2D eigenvalue weighted by molar-refractivity contribution is -0.138. The summed E-state index contributed by atoms with van der Waals surface area (Å²) in [5, 5.41) is 0. The normalized spacial score (nSPS) is 11.4. The maximum absolute atomic E-state index is 12.9. The first-order valence-corrected chi connectivity index (χ1v) is 8.05. The predicted molar refractivity (Wildman–Crippen MR) is 92.0 cm³/mol. The monoisotopic (exact) mass is 377 g/mol. The summed E-state index contributed by atoms with van der Waals surface area (Å²) < 4.78 is 57.8. The van der Waals surface area contributed by atoms with E-state index in [1.165, 1.54) is 12.1 Å². The van der Waals surface area contributed by atoms with Crippen molar-refractivity contribution in [1.29, 1.82) is 0 Å². The van der Waals surface area contributed by atoms with Crippen LogP contribution in [0.25, 0.3) is 0 Å². The highest BCUT2D eigenvalue weighted by Gasteiger charge is 2.31. The highest BCUT2D eigenvalue weighted by molar-refractivity contribution is 5.28. The maximum atomic E-state index is 12.9. The first-order valence-electron chi connectivity index (χ1n) is 8.05.